The molecule has 0 atom stereocenters. The molecule has 3 heterocycles. The number of hydrogen-bond acceptors (Lipinski definition) is 12. The number of hydrogen-bond donors (Lipinski definition) is 2. The number of aryl methyl sites for hydroxylation is 2. The molecule has 20 heteroatoms. The van der Waals surface area contributed by atoms with Crippen LogP contribution in [0, 0.1) is 13.8 Å². The fourth-order valence-corrected chi connectivity index (χ4v) is 19.9. The average Bonchev–Trinajstić information content (AvgIpc) is 1.48. The fourth-order valence-electron chi connectivity index (χ4n) is 16.4. The van der Waals surface area contributed by atoms with Crippen molar-refractivity contribution < 1.29 is 40.7 Å². The van der Waals surface area contributed by atoms with Gasteiger partial charge in [0.05, 0.1) is 40.6 Å². The van der Waals surface area contributed by atoms with Gasteiger partial charge in [-0.15, -0.1) is 0 Å². The summed E-state index contributed by atoms with van der Waals surface area (Å²) in [5, 5.41) is 6.14. The molecule has 6 fully saturated rings. The van der Waals surface area contributed by atoms with Crippen molar-refractivity contribution in [1.82, 2.24) is 43.7 Å². The van der Waals surface area contributed by atoms with Crippen LogP contribution < -0.4 is 20.1 Å². The van der Waals surface area contributed by atoms with Crippen molar-refractivity contribution in [2.24, 2.45) is 0 Å². The van der Waals surface area contributed by atoms with E-state index in [1.807, 2.05) is 91.5 Å². The number of rotatable bonds is 16. The van der Waals surface area contributed by atoms with Crippen molar-refractivity contribution in [3.05, 3.63) is 227 Å². The SMILES string of the molecule is COc1ccc(CN2CC3(CCC(c4ccccc4)(N(C)C)CC3)N(S(=O)(=O)c3ccc(C)cc3)C2=O)cc1.COc1ccc(CN2CC3(CCC(c4ccccc4)(N(C)C)CC3)NC2=O)cc1.Cc1ccc(S(=O)(=O)N2C(=O)NCC23CCC(c2ccccc2)(N(C)C)CC3)cc1. The van der Waals surface area contributed by atoms with E-state index in [0.717, 1.165) is 96.0 Å². The molecular formula is C78H97N9O9S2. The summed E-state index contributed by atoms with van der Waals surface area (Å²) in [6, 6.07) is 59.6. The van der Waals surface area contributed by atoms with Crippen molar-refractivity contribution in [3.63, 3.8) is 0 Å². The number of carbonyl (C=O) groups is 3. The van der Waals surface area contributed by atoms with E-state index in [1.54, 1.807) is 67.7 Å². The molecule has 13 rings (SSSR count). The van der Waals surface area contributed by atoms with E-state index in [1.165, 1.54) is 21.0 Å². The lowest BCUT2D eigenvalue weighted by atomic mass is 9.69. The van der Waals surface area contributed by atoms with Crippen molar-refractivity contribution in [1.29, 1.82) is 0 Å². The highest BCUT2D eigenvalue weighted by atomic mass is 32.2. The van der Waals surface area contributed by atoms with Crippen molar-refractivity contribution in [2.45, 2.75) is 147 Å². The van der Waals surface area contributed by atoms with Gasteiger partial charge in [-0.1, -0.05) is 151 Å². The van der Waals surface area contributed by atoms with Gasteiger partial charge in [-0.25, -0.2) is 39.8 Å². The van der Waals surface area contributed by atoms with Gasteiger partial charge >= 0.3 is 18.1 Å². The number of methoxy groups -OCH3 is 2. The monoisotopic (exact) mass is 1370 g/mol. The molecule has 6 amide bonds. The van der Waals surface area contributed by atoms with E-state index in [2.05, 4.69) is 134 Å². The van der Waals surface area contributed by atoms with Gasteiger partial charge in [0.2, 0.25) is 0 Å². The van der Waals surface area contributed by atoms with Crippen LogP contribution in [0.15, 0.2) is 198 Å². The number of amides is 6. The van der Waals surface area contributed by atoms with Crippen molar-refractivity contribution in [2.75, 3.05) is 76.1 Å². The van der Waals surface area contributed by atoms with Crippen LogP contribution in [-0.4, -0.2) is 161 Å². The van der Waals surface area contributed by atoms with Crippen LogP contribution >= 0.6 is 0 Å². The molecule has 3 aliphatic heterocycles. The molecule has 98 heavy (non-hydrogen) atoms. The van der Waals surface area contributed by atoms with Crippen LogP contribution in [0.3, 0.4) is 0 Å². The normalized spacial score (nSPS) is 25.5. The minimum atomic E-state index is -4.06. The maximum Gasteiger partial charge on any atom is 0.334 e. The zero-order valence-corrected chi connectivity index (χ0v) is 60.2. The molecule has 3 saturated carbocycles. The van der Waals surface area contributed by atoms with Crippen LogP contribution in [0.1, 0.15) is 116 Å². The van der Waals surface area contributed by atoms with E-state index >= 15 is 0 Å². The molecule has 0 unspecified atom stereocenters. The summed E-state index contributed by atoms with van der Waals surface area (Å²) in [6.45, 7) is 6.29. The largest absolute Gasteiger partial charge is 0.497 e. The van der Waals surface area contributed by atoms with Crippen LogP contribution in [0.5, 0.6) is 11.5 Å². The second kappa shape index (κ2) is 28.5. The Morgan fingerprint density at radius 3 is 1.14 bits per heavy atom. The first-order valence-corrected chi connectivity index (χ1v) is 37.0. The van der Waals surface area contributed by atoms with Gasteiger partial charge in [-0.3, -0.25) is 14.7 Å². The Labute approximate surface area is 581 Å². The highest BCUT2D eigenvalue weighted by molar-refractivity contribution is 7.90. The van der Waals surface area contributed by atoms with Crippen LogP contribution in [0.2, 0.25) is 0 Å². The van der Waals surface area contributed by atoms with Gasteiger partial charge < -0.3 is 29.9 Å². The van der Waals surface area contributed by atoms with Crippen LogP contribution in [0.25, 0.3) is 0 Å². The fraction of sp³-hybridized carbons (Fsp3) is 0.423. The summed E-state index contributed by atoms with van der Waals surface area (Å²) >= 11 is 0. The third-order valence-corrected chi connectivity index (χ3v) is 26.2. The predicted octanol–water partition coefficient (Wildman–Crippen LogP) is 12.9. The Morgan fingerprint density at radius 1 is 0.408 bits per heavy atom. The molecule has 3 aliphatic carbocycles. The number of nitrogens with zero attached hydrogens (tertiary/aromatic N) is 7. The molecule has 3 spiro atoms. The Balaban J connectivity index is 0.000000151. The Bertz CT molecular complexity index is 4120. The smallest absolute Gasteiger partial charge is 0.334 e. The Morgan fingerprint density at radius 2 is 0.765 bits per heavy atom. The number of sulfonamides is 2. The first-order valence-electron chi connectivity index (χ1n) is 34.1. The van der Waals surface area contributed by atoms with Gasteiger partial charge in [-0.05, 0) is 210 Å². The molecule has 0 aromatic heterocycles. The molecule has 3 saturated heterocycles. The Kier molecular flexibility index (Phi) is 20.7. The lowest BCUT2D eigenvalue weighted by Gasteiger charge is -2.50. The quantitative estimate of drug-likeness (QED) is 0.0934. The first kappa shape index (κ1) is 71.0. The summed E-state index contributed by atoms with van der Waals surface area (Å²) in [5.41, 5.74) is 5.81. The predicted molar refractivity (Wildman–Crippen MR) is 384 cm³/mol. The molecule has 6 aliphatic rings. The van der Waals surface area contributed by atoms with Gasteiger partial charge in [0, 0.05) is 49.3 Å². The second-order valence-electron chi connectivity index (χ2n) is 28.5. The summed E-state index contributed by atoms with van der Waals surface area (Å²) in [6.07, 6.45) is 9.50. The summed E-state index contributed by atoms with van der Waals surface area (Å²) in [5.74, 6) is 1.57. The average molecular weight is 1370 g/mol. The minimum Gasteiger partial charge on any atom is -0.497 e. The van der Waals surface area contributed by atoms with E-state index in [4.69, 9.17) is 9.47 Å². The zero-order chi connectivity index (χ0) is 69.9. The molecular weight excluding hydrogens is 1270 g/mol. The maximum atomic E-state index is 14.1. The van der Waals surface area contributed by atoms with Gasteiger partial charge in [-0.2, -0.15) is 0 Å². The van der Waals surface area contributed by atoms with Crippen molar-refractivity contribution in [3.8, 4) is 11.5 Å². The minimum absolute atomic E-state index is 0.0423. The summed E-state index contributed by atoms with van der Waals surface area (Å²) in [4.78, 5) is 50.2. The number of benzene rings is 7. The standard InChI is InChI=1S/C31H37N3O4S.C24H31N3O2.C23H29N3O3S/c1-24-10-16-28(17-11-24)39(36,37)34-29(35)33(22-25-12-14-27(38-4)15-13-25)23-30(34)18-20-31(21-19-30,32(2)3)26-8-6-5-7-9-26;1-26(2)24(20-7-5-4-6-8-20)15-13-23(14-16-24)18-27(22(28)25-23)17-19-9-11-21(29-3)12-10-19;1-18-9-11-20(12-10-18)30(28,29)26-21(27)24-17-22(26)13-15-23(16-14-22,25(2)3)19-7-5-4-6-8-19/h5-17H,18-23H2,1-4H3;4-12H,13-18H2,1-3H3,(H,25,28);4-12H,13-17H2,1-3H3,(H,24,27). The molecule has 0 radical (unpaired) electrons. The van der Waals surface area contributed by atoms with E-state index in [9.17, 15) is 31.2 Å². The van der Waals surface area contributed by atoms with Crippen LogP contribution in [-0.2, 0) is 49.8 Å². The van der Waals surface area contributed by atoms with Gasteiger partial charge in [0.15, 0.2) is 0 Å². The third-order valence-electron chi connectivity index (χ3n) is 22.4. The Hall–Kier alpha value is -8.27. The van der Waals surface area contributed by atoms with E-state index < -0.39 is 43.2 Å². The molecule has 2 N–H and O–H groups in total. The number of ether oxygens (including phenoxy) is 2. The van der Waals surface area contributed by atoms with E-state index in [0.29, 0.717) is 51.9 Å². The highest BCUT2D eigenvalue weighted by Gasteiger charge is 2.60. The van der Waals surface area contributed by atoms with Crippen LogP contribution in [0.4, 0.5) is 14.4 Å². The summed E-state index contributed by atoms with van der Waals surface area (Å²) in [7, 11) is 7.96. The summed E-state index contributed by atoms with van der Waals surface area (Å²) < 4.78 is 68.0. The third kappa shape index (κ3) is 13.8. The zero-order valence-electron chi connectivity index (χ0n) is 58.5. The van der Waals surface area contributed by atoms with Gasteiger partial charge in [0.1, 0.15) is 11.5 Å². The molecule has 7 aromatic rings. The maximum absolute atomic E-state index is 14.1. The molecule has 520 valence electrons. The number of carbonyl (C=O) groups excluding carboxylic acids is 3. The number of urea groups is 3. The molecule has 0 bridgehead atoms. The molecule has 18 nitrogen and oxygen atoms in total. The lowest BCUT2D eigenvalue weighted by molar-refractivity contribution is 0.0447. The highest BCUT2D eigenvalue weighted by Crippen LogP contribution is 2.53. The first-order chi connectivity index (χ1) is 46.8. The molecule has 7 aromatic carbocycles. The van der Waals surface area contributed by atoms with Crippen molar-refractivity contribution >= 4 is 38.1 Å². The topological polar surface area (TPSA) is 185 Å². The van der Waals surface area contributed by atoms with Gasteiger partial charge in [0.25, 0.3) is 20.0 Å². The lowest BCUT2D eigenvalue weighted by Crippen LogP contribution is -2.56. The number of nitrogens with one attached hydrogen (secondary N) is 2. The second-order valence-corrected chi connectivity index (χ2v) is 32.1. The van der Waals surface area contributed by atoms with E-state index in [-0.39, 0.29) is 38.0 Å².